The molecule has 1 aromatic carbocycles. The lowest BCUT2D eigenvalue weighted by Gasteiger charge is -2.11. The van der Waals surface area contributed by atoms with E-state index in [0.29, 0.717) is 6.04 Å². The Labute approximate surface area is 88.9 Å². The van der Waals surface area contributed by atoms with E-state index in [1.165, 1.54) is 18.4 Å². The molecular formula is C12H15N3. The third-order valence-corrected chi connectivity index (χ3v) is 3.16. The first kappa shape index (κ1) is 8.92. The van der Waals surface area contributed by atoms with Crippen LogP contribution in [0.4, 0.5) is 0 Å². The van der Waals surface area contributed by atoms with Crippen molar-refractivity contribution in [2.24, 2.45) is 11.7 Å². The van der Waals surface area contributed by atoms with Crippen molar-refractivity contribution in [2.45, 2.75) is 25.4 Å². The van der Waals surface area contributed by atoms with E-state index < -0.39 is 0 Å². The molecule has 0 bridgehead atoms. The van der Waals surface area contributed by atoms with Crippen LogP contribution >= 0.6 is 0 Å². The van der Waals surface area contributed by atoms with Crippen molar-refractivity contribution >= 4 is 11.0 Å². The Hall–Kier alpha value is -1.35. The Bertz CT molecular complexity index is 470. The zero-order valence-electron chi connectivity index (χ0n) is 8.63. The fourth-order valence-electron chi connectivity index (χ4n) is 2.06. The van der Waals surface area contributed by atoms with Gasteiger partial charge in [0, 0.05) is 12.6 Å². The van der Waals surface area contributed by atoms with E-state index in [2.05, 4.69) is 15.6 Å². The highest BCUT2D eigenvalue weighted by molar-refractivity contribution is 5.74. The maximum Gasteiger partial charge on any atom is 0.0958 e. The molecule has 0 spiro atoms. The highest BCUT2D eigenvalue weighted by Gasteiger charge is 2.28. The van der Waals surface area contributed by atoms with Crippen molar-refractivity contribution in [3.05, 3.63) is 30.6 Å². The molecule has 0 amide bonds. The van der Waals surface area contributed by atoms with Crippen molar-refractivity contribution in [2.75, 3.05) is 0 Å². The maximum atomic E-state index is 6.11. The Morgan fingerprint density at radius 1 is 1.40 bits per heavy atom. The molecule has 1 aliphatic carbocycles. The zero-order valence-corrected chi connectivity index (χ0v) is 8.63. The van der Waals surface area contributed by atoms with E-state index >= 15 is 0 Å². The number of para-hydroxylation sites is 2. The first-order valence-electron chi connectivity index (χ1n) is 5.50. The summed E-state index contributed by atoms with van der Waals surface area (Å²) >= 11 is 0. The molecule has 78 valence electrons. The number of nitrogens with zero attached hydrogens (tertiary/aromatic N) is 2. The second-order valence-electron chi connectivity index (χ2n) is 4.39. The predicted octanol–water partition coefficient (Wildman–Crippen LogP) is 1.77. The van der Waals surface area contributed by atoms with Crippen LogP contribution in [0.3, 0.4) is 0 Å². The normalized spacial score (nSPS) is 18.2. The average molecular weight is 201 g/mol. The molecule has 0 saturated heterocycles. The lowest BCUT2D eigenvalue weighted by molar-refractivity contribution is 0.510. The molecule has 2 N–H and O–H groups in total. The number of nitrogens with two attached hydrogens (primary N) is 1. The van der Waals surface area contributed by atoms with Crippen LogP contribution in [0, 0.1) is 5.92 Å². The topological polar surface area (TPSA) is 43.8 Å². The Morgan fingerprint density at radius 3 is 3.00 bits per heavy atom. The van der Waals surface area contributed by atoms with Gasteiger partial charge in [-0.05, 0) is 30.9 Å². The van der Waals surface area contributed by atoms with Crippen LogP contribution in [0.1, 0.15) is 12.8 Å². The number of hydrogen-bond acceptors (Lipinski definition) is 2. The third kappa shape index (κ3) is 1.63. The average Bonchev–Trinajstić information content (AvgIpc) is 3.03. The molecule has 1 aliphatic rings. The summed E-state index contributed by atoms with van der Waals surface area (Å²) in [6, 6.07) is 8.49. The molecule has 1 unspecified atom stereocenters. The largest absolute Gasteiger partial charge is 0.329 e. The number of imidazole rings is 1. The summed E-state index contributed by atoms with van der Waals surface area (Å²) in [5, 5.41) is 0. The van der Waals surface area contributed by atoms with Crippen LogP contribution in [0.25, 0.3) is 11.0 Å². The summed E-state index contributed by atoms with van der Waals surface area (Å²) in [6.07, 6.45) is 4.49. The van der Waals surface area contributed by atoms with Crippen molar-refractivity contribution in [1.29, 1.82) is 0 Å². The van der Waals surface area contributed by atoms with Crippen LogP contribution in [0.5, 0.6) is 0 Å². The molecule has 1 aromatic heterocycles. The number of benzene rings is 1. The summed E-state index contributed by atoms with van der Waals surface area (Å²) in [5.41, 5.74) is 8.36. The van der Waals surface area contributed by atoms with Crippen LogP contribution in [-0.2, 0) is 6.54 Å². The maximum absolute atomic E-state index is 6.11. The second kappa shape index (κ2) is 3.35. The first-order chi connectivity index (χ1) is 7.34. The smallest absolute Gasteiger partial charge is 0.0958 e. The van der Waals surface area contributed by atoms with Crippen LogP contribution in [0.15, 0.2) is 30.6 Å². The van der Waals surface area contributed by atoms with E-state index in [4.69, 9.17) is 5.73 Å². The number of aromatic nitrogens is 2. The van der Waals surface area contributed by atoms with Crippen molar-refractivity contribution < 1.29 is 0 Å². The third-order valence-electron chi connectivity index (χ3n) is 3.16. The monoisotopic (exact) mass is 201 g/mol. The minimum Gasteiger partial charge on any atom is -0.329 e. The fourth-order valence-corrected chi connectivity index (χ4v) is 2.06. The molecule has 3 rings (SSSR count). The second-order valence-corrected chi connectivity index (χ2v) is 4.39. The molecular weight excluding hydrogens is 186 g/mol. The first-order valence-corrected chi connectivity index (χ1v) is 5.50. The van der Waals surface area contributed by atoms with E-state index in [1.807, 2.05) is 24.5 Å². The van der Waals surface area contributed by atoms with Crippen LogP contribution in [-0.4, -0.2) is 15.6 Å². The van der Waals surface area contributed by atoms with Gasteiger partial charge in [-0.2, -0.15) is 0 Å². The van der Waals surface area contributed by atoms with Gasteiger partial charge in [-0.1, -0.05) is 12.1 Å². The summed E-state index contributed by atoms with van der Waals surface area (Å²) in [4.78, 5) is 4.36. The van der Waals surface area contributed by atoms with Crippen LogP contribution in [0.2, 0.25) is 0 Å². The van der Waals surface area contributed by atoms with Crippen molar-refractivity contribution in [1.82, 2.24) is 9.55 Å². The SMILES string of the molecule is NC(Cn1cnc2ccccc21)C1CC1. The van der Waals surface area contributed by atoms with Gasteiger partial charge in [0.05, 0.1) is 17.4 Å². The molecule has 0 radical (unpaired) electrons. The number of rotatable bonds is 3. The van der Waals surface area contributed by atoms with Gasteiger partial charge in [0.25, 0.3) is 0 Å². The molecule has 1 atom stereocenters. The van der Waals surface area contributed by atoms with Gasteiger partial charge in [-0.25, -0.2) is 4.98 Å². The van der Waals surface area contributed by atoms with Gasteiger partial charge in [0.2, 0.25) is 0 Å². The van der Waals surface area contributed by atoms with Crippen molar-refractivity contribution in [3.8, 4) is 0 Å². The standard InChI is InChI=1S/C12H15N3/c13-10(9-5-6-9)7-15-8-14-11-3-1-2-4-12(11)15/h1-4,8-10H,5-7,13H2. The van der Waals surface area contributed by atoms with Gasteiger partial charge in [0.1, 0.15) is 0 Å². The minimum atomic E-state index is 0.294. The van der Waals surface area contributed by atoms with Gasteiger partial charge in [0.15, 0.2) is 0 Å². The summed E-state index contributed by atoms with van der Waals surface area (Å²) in [5.74, 6) is 0.742. The van der Waals surface area contributed by atoms with Gasteiger partial charge in [-0.15, -0.1) is 0 Å². The van der Waals surface area contributed by atoms with Gasteiger partial charge >= 0.3 is 0 Å². The summed E-state index contributed by atoms with van der Waals surface area (Å²) in [6.45, 7) is 0.894. The zero-order chi connectivity index (χ0) is 10.3. The van der Waals surface area contributed by atoms with E-state index in [-0.39, 0.29) is 0 Å². The van der Waals surface area contributed by atoms with Crippen LogP contribution < -0.4 is 5.73 Å². The van der Waals surface area contributed by atoms with E-state index in [1.54, 1.807) is 0 Å². The molecule has 3 heteroatoms. The number of fused-ring (bicyclic) bond motifs is 1. The highest BCUT2D eigenvalue weighted by Crippen LogP contribution is 2.32. The number of hydrogen-bond donors (Lipinski definition) is 1. The van der Waals surface area contributed by atoms with Gasteiger partial charge < -0.3 is 10.3 Å². The quantitative estimate of drug-likeness (QED) is 0.822. The lowest BCUT2D eigenvalue weighted by atomic mass is 10.2. The summed E-state index contributed by atoms with van der Waals surface area (Å²) in [7, 11) is 0. The highest BCUT2D eigenvalue weighted by atomic mass is 15.1. The molecule has 3 nitrogen and oxygen atoms in total. The van der Waals surface area contributed by atoms with Gasteiger partial charge in [-0.3, -0.25) is 0 Å². The molecule has 2 aromatic rings. The lowest BCUT2D eigenvalue weighted by Crippen LogP contribution is -2.27. The molecule has 1 heterocycles. The predicted molar refractivity (Wildman–Crippen MR) is 60.4 cm³/mol. The molecule has 0 aliphatic heterocycles. The Balaban J connectivity index is 1.90. The molecule has 15 heavy (non-hydrogen) atoms. The Morgan fingerprint density at radius 2 is 2.20 bits per heavy atom. The van der Waals surface area contributed by atoms with E-state index in [0.717, 1.165) is 18.0 Å². The molecule has 1 fully saturated rings. The van der Waals surface area contributed by atoms with E-state index in [9.17, 15) is 0 Å². The Kier molecular flexibility index (Phi) is 1.99. The minimum absolute atomic E-state index is 0.294. The van der Waals surface area contributed by atoms with Crippen molar-refractivity contribution in [3.63, 3.8) is 0 Å². The summed E-state index contributed by atoms with van der Waals surface area (Å²) < 4.78 is 2.16. The molecule has 1 saturated carbocycles. The fraction of sp³-hybridized carbons (Fsp3) is 0.417.